The molecule has 0 saturated heterocycles. The van der Waals surface area contributed by atoms with Gasteiger partial charge in [0.1, 0.15) is 0 Å². The van der Waals surface area contributed by atoms with Crippen molar-refractivity contribution in [1.82, 2.24) is 0 Å². The highest BCUT2D eigenvalue weighted by Gasteiger charge is 2.04. The summed E-state index contributed by atoms with van der Waals surface area (Å²) in [6.45, 7) is 2.77. The summed E-state index contributed by atoms with van der Waals surface area (Å²) in [4.78, 5) is 0. The van der Waals surface area contributed by atoms with E-state index in [-0.39, 0.29) is 5.75 Å². The van der Waals surface area contributed by atoms with Gasteiger partial charge in [-0.15, -0.1) is 0 Å². The van der Waals surface area contributed by atoms with Crippen molar-refractivity contribution < 1.29 is 9.84 Å². The molecule has 0 unspecified atom stereocenters. The van der Waals surface area contributed by atoms with E-state index >= 15 is 0 Å². The lowest BCUT2D eigenvalue weighted by molar-refractivity contribution is 0.293. The second-order valence-corrected chi connectivity index (χ2v) is 3.87. The maximum Gasteiger partial charge on any atom is 0.161 e. The van der Waals surface area contributed by atoms with Gasteiger partial charge in [0.25, 0.3) is 0 Å². The second kappa shape index (κ2) is 4.88. The summed E-state index contributed by atoms with van der Waals surface area (Å²) in [6.07, 6.45) is 2.10. The Bertz CT molecular complexity index is 477. The molecule has 0 saturated carbocycles. The molecule has 0 aliphatic carbocycles. The SMILES string of the molecule is CCCCOc1cc2ccccc2cc1O. The highest BCUT2D eigenvalue weighted by molar-refractivity contribution is 5.85. The molecule has 0 fully saturated rings. The van der Waals surface area contributed by atoms with E-state index in [4.69, 9.17) is 4.74 Å². The van der Waals surface area contributed by atoms with Gasteiger partial charge in [-0.1, -0.05) is 37.6 Å². The van der Waals surface area contributed by atoms with Crippen LogP contribution in [0.4, 0.5) is 0 Å². The summed E-state index contributed by atoms with van der Waals surface area (Å²) < 4.78 is 5.54. The van der Waals surface area contributed by atoms with E-state index in [1.54, 1.807) is 6.07 Å². The number of hydrogen-bond donors (Lipinski definition) is 1. The van der Waals surface area contributed by atoms with Gasteiger partial charge in [-0.25, -0.2) is 0 Å². The Hall–Kier alpha value is -1.70. The number of phenolic OH excluding ortho intramolecular Hbond substituents is 1. The van der Waals surface area contributed by atoms with Crippen LogP contribution in [0, 0.1) is 0 Å². The van der Waals surface area contributed by atoms with Crippen molar-refractivity contribution in [1.29, 1.82) is 0 Å². The van der Waals surface area contributed by atoms with Crippen LogP contribution in [-0.2, 0) is 0 Å². The van der Waals surface area contributed by atoms with Gasteiger partial charge in [0.15, 0.2) is 11.5 Å². The number of fused-ring (bicyclic) bond motifs is 1. The lowest BCUT2D eigenvalue weighted by atomic mass is 10.1. The molecule has 2 aromatic rings. The number of unbranched alkanes of at least 4 members (excludes halogenated alkanes) is 1. The molecule has 0 atom stereocenters. The molecule has 0 aliphatic rings. The van der Waals surface area contributed by atoms with Crippen LogP contribution in [0.2, 0.25) is 0 Å². The van der Waals surface area contributed by atoms with Crippen LogP contribution in [-0.4, -0.2) is 11.7 Å². The number of benzene rings is 2. The molecular weight excluding hydrogens is 200 g/mol. The van der Waals surface area contributed by atoms with Gasteiger partial charge in [-0.05, 0) is 29.3 Å². The second-order valence-electron chi connectivity index (χ2n) is 3.87. The molecule has 84 valence electrons. The Morgan fingerprint density at radius 1 is 1.12 bits per heavy atom. The summed E-state index contributed by atoms with van der Waals surface area (Å²) in [5.74, 6) is 0.793. The highest BCUT2D eigenvalue weighted by Crippen LogP contribution is 2.31. The maximum atomic E-state index is 9.78. The quantitative estimate of drug-likeness (QED) is 0.789. The Morgan fingerprint density at radius 3 is 2.50 bits per heavy atom. The molecule has 0 radical (unpaired) electrons. The topological polar surface area (TPSA) is 29.5 Å². The predicted molar refractivity (Wildman–Crippen MR) is 66.0 cm³/mol. The van der Waals surface area contributed by atoms with Gasteiger partial charge >= 0.3 is 0 Å². The van der Waals surface area contributed by atoms with E-state index in [1.807, 2.05) is 30.3 Å². The van der Waals surface area contributed by atoms with E-state index < -0.39 is 0 Å². The van der Waals surface area contributed by atoms with Gasteiger partial charge in [0.05, 0.1) is 6.61 Å². The first-order chi connectivity index (χ1) is 7.81. The van der Waals surface area contributed by atoms with Crippen LogP contribution in [0.15, 0.2) is 36.4 Å². The number of phenols is 1. The first-order valence-corrected chi connectivity index (χ1v) is 5.66. The summed E-state index contributed by atoms with van der Waals surface area (Å²) in [7, 11) is 0. The minimum Gasteiger partial charge on any atom is -0.504 e. The fraction of sp³-hybridized carbons (Fsp3) is 0.286. The molecule has 2 nitrogen and oxygen atoms in total. The van der Waals surface area contributed by atoms with Gasteiger partial charge in [0, 0.05) is 0 Å². The van der Waals surface area contributed by atoms with Crippen molar-refractivity contribution in [2.75, 3.05) is 6.61 Å². The minimum absolute atomic E-state index is 0.217. The van der Waals surface area contributed by atoms with Gasteiger partial charge in [0.2, 0.25) is 0 Å². The normalized spacial score (nSPS) is 10.6. The summed E-state index contributed by atoms with van der Waals surface area (Å²) in [6, 6.07) is 11.6. The zero-order valence-corrected chi connectivity index (χ0v) is 9.44. The molecule has 1 N–H and O–H groups in total. The van der Waals surface area contributed by atoms with Crippen LogP contribution in [0.3, 0.4) is 0 Å². The Kier molecular flexibility index (Phi) is 3.30. The molecule has 2 rings (SSSR count). The standard InChI is InChI=1S/C14H16O2/c1-2-3-8-16-14-10-12-7-5-4-6-11(12)9-13(14)15/h4-7,9-10,15H,2-3,8H2,1H3. The molecule has 0 aromatic heterocycles. The van der Waals surface area contributed by atoms with E-state index in [2.05, 4.69) is 6.92 Å². The van der Waals surface area contributed by atoms with Crippen molar-refractivity contribution in [3.05, 3.63) is 36.4 Å². The van der Waals surface area contributed by atoms with Crippen LogP contribution in [0.25, 0.3) is 10.8 Å². The summed E-state index contributed by atoms with van der Waals surface area (Å²) in [5.41, 5.74) is 0. The monoisotopic (exact) mass is 216 g/mol. The first-order valence-electron chi connectivity index (χ1n) is 5.66. The van der Waals surface area contributed by atoms with Crippen LogP contribution < -0.4 is 4.74 Å². The average Bonchev–Trinajstić information content (AvgIpc) is 2.30. The molecule has 0 aliphatic heterocycles. The van der Waals surface area contributed by atoms with Gasteiger partial charge < -0.3 is 9.84 Å². The third-order valence-corrected chi connectivity index (χ3v) is 2.58. The first kappa shape index (κ1) is 10.8. The fourth-order valence-corrected chi connectivity index (χ4v) is 1.65. The minimum atomic E-state index is 0.217. The maximum absolute atomic E-state index is 9.78. The van der Waals surface area contributed by atoms with Crippen molar-refractivity contribution in [2.45, 2.75) is 19.8 Å². The third kappa shape index (κ3) is 2.27. The number of ether oxygens (including phenoxy) is 1. The van der Waals surface area contributed by atoms with Crippen LogP contribution in [0.5, 0.6) is 11.5 Å². The van der Waals surface area contributed by atoms with Crippen LogP contribution in [0.1, 0.15) is 19.8 Å². The Labute approximate surface area is 95.5 Å². The van der Waals surface area contributed by atoms with Crippen molar-refractivity contribution in [3.63, 3.8) is 0 Å². The number of hydrogen-bond acceptors (Lipinski definition) is 2. The van der Waals surface area contributed by atoms with Gasteiger partial charge in [-0.3, -0.25) is 0 Å². The highest BCUT2D eigenvalue weighted by atomic mass is 16.5. The Balaban J connectivity index is 2.27. The molecule has 0 spiro atoms. The smallest absolute Gasteiger partial charge is 0.161 e. The third-order valence-electron chi connectivity index (χ3n) is 2.58. The lowest BCUT2D eigenvalue weighted by Gasteiger charge is -2.08. The van der Waals surface area contributed by atoms with Crippen molar-refractivity contribution in [3.8, 4) is 11.5 Å². The van der Waals surface area contributed by atoms with E-state index in [0.717, 1.165) is 23.6 Å². The number of rotatable bonds is 4. The molecule has 0 bridgehead atoms. The largest absolute Gasteiger partial charge is 0.504 e. The molecular formula is C14H16O2. The van der Waals surface area contributed by atoms with E-state index in [1.165, 1.54) is 0 Å². The van der Waals surface area contributed by atoms with Gasteiger partial charge in [-0.2, -0.15) is 0 Å². The zero-order valence-electron chi connectivity index (χ0n) is 9.44. The van der Waals surface area contributed by atoms with Crippen molar-refractivity contribution in [2.24, 2.45) is 0 Å². The zero-order chi connectivity index (χ0) is 11.4. The van der Waals surface area contributed by atoms with E-state index in [9.17, 15) is 5.11 Å². The van der Waals surface area contributed by atoms with Crippen LogP contribution >= 0.6 is 0 Å². The summed E-state index contributed by atoms with van der Waals surface area (Å²) in [5, 5.41) is 11.9. The van der Waals surface area contributed by atoms with Crippen molar-refractivity contribution >= 4 is 10.8 Å². The molecule has 0 heterocycles. The molecule has 16 heavy (non-hydrogen) atoms. The molecule has 2 aromatic carbocycles. The summed E-state index contributed by atoms with van der Waals surface area (Å²) >= 11 is 0. The lowest BCUT2D eigenvalue weighted by Crippen LogP contribution is -1.96. The fourth-order valence-electron chi connectivity index (χ4n) is 1.65. The predicted octanol–water partition coefficient (Wildman–Crippen LogP) is 3.72. The van der Waals surface area contributed by atoms with E-state index in [0.29, 0.717) is 12.4 Å². The number of aromatic hydroxyl groups is 1. The Morgan fingerprint density at radius 2 is 1.81 bits per heavy atom. The average molecular weight is 216 g/mol. The molecule has 2 heteroatoms. The molecule has 0 amide bonds.